The van der Waals surface area contributed by atoms with Gasteiger partial charge in [0, 0.05) is 11.6 Å². The molecule has 0 atom stereocenters. The predicted octanol–water partition coefficient (Wildman–Crippen LogP) is 2.94. The molecular weight excluding hydrogens is 348 g/mol. The molecular formula is C16H12N2O4S2. The van der Waals surface area contributed by atoms with Crippen LogP contribution >= 0.6 is 24.0 Å². The number of carboxylic acids is 1. The summed E-state index contributed by atoms with van der Waals surface area (Å²) in [5, 5.41) is 12.8. The summed E-state index contributed by atoms with van der Waals surface area (Å²) in [6, 6.07) is 9.50. The number of aryl methyl sites for hydroxylation is 1. The number of rotatable bonds is 4. The molecule has 122 valence electrons. The highest BCUT2D eigenvalue weighted by Gasteiger charge is 2.33. The first-order valence-corrected chi connectivity index (χ1v) is 8.17. The lowest BCUT2D eigenvalue weighted by Gasteiger charge is -2.09. The summed E-state index contributed by atoms with van der Waals surface area (Å²) in [7, 11) is 0. The van der Waals surface area contributed by atoms with Crippen LogP contribution < -0.4 is 0 Å². The van der Waals surface area contributed by atoms with Gasteiger partial charge in [0.1, 0.15) is 16.6 Å². The van der Waals surface area contributed by atoms with E-state index in [4.69, 9.17) is 21.8 Å². The normalized spacial score (nSPS) is 16.2. The molecule has 0 aliphatic carbocycles. The van der Waals surface area contributed by atoms with Crippen LogP contribution in [0, 0.1) is 6.92 Å². The Morgan fingerprint density at radius 2 is 2.12 bits per heavy atom. The molecule has 1 fully saturated rings. The average Bonchev–Trinajstić information content (AvgIpc) is 3.09. The molecule has 1 amide bonds. The summed E-state index contributed by atoms with van der Waals surface area (Å²) in [6.45, 7) is 1.55. The Kier molecular flexibility index (Phi) is 4.50. The fourth-order valence-corrected chi connectivity index (χ4v) is 3.36. The first kappa shape index (κ1) is 16.4. The summed E-state index contributed by atoms with van der Waals surface area (Å²) in [5.74, 6) is -0.967. The molecule has 0 radical (unpaired) electrons. The van der Waals surface area contributed by atoms with Crippen LogP contribution in [0.4, 0.5) is 0 Å². The number of carbonyl (C=O) groups is 2. The fraction of sp³-hybridized carbons (Fsp3) is 0.125. The lowest BCUT2D eigenvalue weighted by Crippen LogP contribution is -2.33. The first-order chi connectivity index (χ1) is 11.4. The Morgan fingerprint density at radius 3 is 2.79 bits per heavy atom. The van der Waals surface area contributed by atoms with Crippen LogP contribution in [-0.2, 0) is 9.59 Å². The number of benzene rings is 1. The molecule has 6 nitrogen and oxygen atoms in total. The van der Waals surface area contributed by atoms with Crippen LogP contribution in [0.3, 0.4) is 0 Å². The molecule has 1 aliphatic heterocycles. The van der Waals surface area contributed by atoms with Gasteiger partial charge in [0.15, 0.2) is 5.76 Å². The molecule has 0 bridgehead atoms. The SMILES string of the molecule is Cc1ccc(-c2cc(C=C3SC(=S)N(CC(=O)O)C3=O)no2)cc1. The molecule has 3 rings (SSSR count). The quantitative estimate of drug-likeness (QED) is 0.663. The van der Waals surface area contributed by atoms with Crippen molar-refractivity contribution in [1.82, 2.24) is 10.1 Å². The van der Waals surface area contributed by atoms with Gasteiger partial charge in [-0.25, -0.2) is 0 Å². The topological polar surface area (TPSA) is 83.6 Å². The number of carboxylic acid groups (broad SMARTS) is 1. The van der Waals surface area contributed by atoms with E-state index in [9.17, 15) is 9.59 Å². The van der Waals surface area contributed by atoms with Crippen molar-refractivity contribution in [2.45, 2.75) is 6.92 Å². The molecule has 2 heterocycles. The van der Waals surface area contributed by atoms with Crippen molar-refractivity contribution < 1.29 is 19.2 Å². The van der Waals surface area contributed by atoms with Crippen molar-refractivity contribution in [2.24, 2.45) is 0 Å². The Hall–Kier alpha value is -2.45. The maximum atomic E-state index is 12.2. The van der Waals surface area contributed by atoms with Crippen molar-refractivity contribution in [3.05, 3.63) is 46.5 Å². The lowest BCUT2D eigenvalue weighted by atomic mass is 10.1. The highest BCUT2D eigenvalue weighted by Crippen LogP contribution is 2.32. The van der Waals surface area contributed by atoms with E-state index in [1.807, 2.05) is 31.2 Å². The zero-order valence-electron chi connectivity index (χ0n) is 12.6. The lowest BCUT2D eigenvalue weighted by molar-refractivity contribution is -0.140. The van der Waals surface area contributed by atoms with Gasteiger partial charge in [0.25, 0.3) is 5.91 Å². The van der Waals surface area contributed by atoms with Gasteiger partial charge in [-0.3, -0.25) is 14.5 Å². The summed E-state index contributed by atoms with van der Waals surface area (Å²) < 4.78 is 5.52. The number of thioether (sulfide) groups is 1. The van der Waals surface area contributed by atoms with E-state index in [2.05, 4.69) is 5.16 Å². The smallest absolute Gasteiger partial charge is 0.323 e. The van der Waals surface area contributed by atoms with E-state index < -0.39 is 18.4 Å². The predicted molar refractivity (Wildman–Crippen MR) is 94.2 cm³/mol. The number of aromatic nitrogens is 1. The van der Waals surface area contributed by atoms with E-state index in [-0.39, 0.29) is 4.32 Å². The first-order valence-electron chi connectivity index (χ1n) is 6.95. The summed E-state index contributed by atoms with van der Waals surface area (Å²) in [6.07, 6.45) is 1.54. The number of carbonyl (C=O) groups excluding carboxylic acids is 1. The van der Waals surface area contributed by atoms with Crippen LogP contribution in [0.1, 0.15) is 11.3 Å². The second-order valence-electron chi connectivity index (χ2n) is 5.14. The molecule has 1 aliphatic rings. The van der Waals surface area contributed by atoms with Crippen LogP contribution in [0.5, 0.6) is 0 Å². The number of nitrogens with zero attached hydrogens (tertiary/aromatic N) is 2. The molecule has 24 heavy (non-hydrogen) atoms. The third kappa shape index (κ3) is 3.39. The number of amides is 1. The summed E-state index contributed by atoms with van der Waals surface area (Å²) >= 11 is 6.09. The van der Waals surface area contributed by atoms with Gasteiger partial charge < -0.3 is 9.63 Å². The van der Waals surface area contributed by atoms with E-state index in [0.29, 0.717) is 16.4 Å². The molecule has 0 unspecified atom stereocenters. The molecule has 1 saturated heterocycles. The molecule has 0 spiro atoms. The zero-order valence-corrected chi connectivity index (χ0v) is 14.2. The maximum absolute atomic E-state index is 12.2. The largest absolute Gasteiger partial charge is 0.480 e. The second kappa shape index (κ2) is 6.58. The highest BCUT2D eigenvalue weighted by molar-refractivity contribution is 8.26. The monoisotopic (exact) mass is 360 g/mol. The third-order valence-corrected chi connectivity index (χ3v) is 4.69. The Morgan fingerprint density at radius 1 is 1.42 bits per heavy atom. The van der Waals surface area contributed by atoms with Gasteiger partial charge in [0.2, 0.25) is 0 Å². The fourth-order valence-electron chi connectivity index (χ4n) is 2.12. The Labute approximate surface area is 147 Å². The van der Waals surface area contributed by atoms with Gasteiger partial charge in [-0.05, 0) is 13.0 Å². The molecule has 0 saturated carbocycles. The van der Waals surface area contributed by atoms with Gasteiger partial charge in [-0.2, -0.15) is 0 Å². The van der Waals surface area contributed by atoms with E-state index in [0.717, 1.165) is 27.8 Å². The van der Waals surface area contributed by atoms with Crippen LogP contribution in [0.25, 0.3) is 17.4 Å². The zero-order chi connectivity index (χ0) is 17.3. The number of hydrogen-bond acceptors (Lipinski definition) is 6. The van der Waals surface area contributed by atoms with Crippen molar-refractivity contribution in [3.63, 3.8) is 0 Å². The van der Waals surface area contributed by atoms with E-state index in [1.54, 1.807) is 12.1 Å². The molecule has 1 aromatic heterocycles. The highest BCUT2D eigenvalue weighted by atomic mass is 32.2. The maximum Gasteiger partial charge on any atom is 0.323 e. The third-order valence-electron chi connectivity index (χ3n) is 3.31. The molecule has 1 N–H and O–H groups in total. The van der Waals surface area contributed by atoms with Crippen LogP contribution in [-0.4, -0.2) is 37.9 Å². The molecule has 8 heteroatoms. The number of thiocarbonyl (C=S) groups is 1. The van der Waals surface area contributed by atoms with Gasteiger partial charge in [-0.1, -0.05) is 59.0 Å². The van der Waals surface area contributed by atoms with Crippen LogP contribution in [0.2, 0.25) is 0 Å². The van der Waals surface area contributed by atoms with Gasteiger partial charge >= 0.3 is 5.97 Å². The van der Waals surface area contributed by atoms with Gasteiger partial charge in [-0.15, -0.1) is 0 Å². The molecule has 1 aromatic carbocycles. The standard InChI is InChI=1S/C16H12N2O4S2/c1-9-2-4-10(5-3-9)12-6-11(17-22-12)7-13-15(21)18(8-14(19)20)16(23)24-13/h2-7H,8H2,1H3,(H,19,20). The van der Waals surface area contributed by atoms with Crippen LogP contribution in [0.15, 0.2) is 39.8 Å². The van der Waals surface area contributed by atoms with Crippen molar-refractivity contribution in [3.8, 4) is 11.3 Å². The Bertz CT molecular complexity index is 855. The summed E-state index contributed by atoms with van der Waals surface area (Å²) in [5.41, 5.74) is 2.49. The van der Waals surface area contributed by atoms with E-state index >= 15 is 0 Å². The minimum atomic E-state index is -1.12. The Balaban J connectivity index is 1.82. The van der Waals surface area contributed by atoms with E-state index in [1.165, 1.54) is 0 Å². The van der Waals surface area contributed by atoms with Gasteiger partial charge in [0.05, 0.1) is 4.91 Å². The van der Waals surface area contributed by atoms with Crippen molar-refractivity contribution >= 4 is 46.3 Å². The minimum Gasteiger partial charge on any atom is -0.480 e. The minimum absolute atomic E-state index is 0.218. The number of hydrogen-bond donors (Lipinski definition) is 1. The second-order valence-corrected chi connectivity index (χ2v) is 6.82. The summed E-state index contributed by atoms with van der Waals surface area (Å²) in [4.78, 5) is 24.4. The van der Waals surface area contributed by atoms with Crippen molar-refractivity contribution in [2.75, 3.05) is 6.54 Å². The average molecular weight is 360 g/mol. The van der Waals surface area contributed by atoms with Crippen molar-refractivity contribution in [1.29, 1.82) is 0 Å². The molecule has 2 aromatic rings. The number of aliphatic carboxylic acids is 1.